The SMILES string of the molecule is CCC1C(=O)NCCN1c1ncncc1C(=O)OC. The van der Waals surface area contributed by atoms with Gasteiger partial charge in [-0.3, -0.25) is 4.79 Å². The van der Waals surface area contributed by atoms with Crippen molar-refractivity contribution in [2.45, 2.75) is 19.4 Å². The van der Waals surface area contributed by atoms with Gasteiger partial charge in [-0.25, -0.2) is 14.8 Å². The Labute approximate surface area is 111 Å². The molecule has 102 valence electrons. The summed E-state index contributed by atoms with van der Waals surface area (Å²) >= 11 is 0. The summed E-state index contributed by atoms with van der Waals surface area (Å²) in [5.41, 5.74) is 0.276. The first-order valence-corrected chi connectivity index (χ1v) is 6.11. The largest absolute Gasteiger partial charge is 0.465 e. The average Bonchev–Trinajstić information content (AvgIpc) is 2.46. The van der Waals surface area contributed by atoms with Crippen LogP contribution in [0.3, 0.4) is 0 Å². The van der Waals surface area contributed by atoms with E-state index >= 15 is 0 Å². The maximum atomic E-state index is 11.8. The van der Waals surface area contributed by atoms with E-state index in [0.717, 1.165) is 0 Å². The van der Waals surface area contributed by atoms with Crippen LogP contribution in [0.2, 0.25) is 0 Å². The fraction of sp³-hybridized carbons (Fsp3) is 0.500. The predicted octanol–water partition coefficient (Wildman–Crippen LogP) is -0.0220. The van der Waals surface area contributed by atoms with Gasteiger partial charge in [0.05, 0.1) is 7.11 Å². The van der Waals surface area contributed by atoms with Crippen molar-refractivity contribution < 1.29 is 14.3 Å². The number of anilines is 1. The molecule has 1 aromatic rings. The molecule has 7 heteroatoms. The van der Waals surface area contributed by atoms with Gasteiger partial charge >= 0.3 is 5.97 Å². The van der Waals surface area contributed by atoms with Crippen molar-refractivity contribution in [3.63, 3.8) is 0 Å². The van der Waals surface area contributed by atoms with Crippen molar-refractivity contribution in [1.29, 1.82) is 0 Å². The van der Waals surface area contributed by atoms with E-state index in [-0.39, 0.29) is 17.5 Å². The average molecular weight is 264 g/mol. The number of hydrogen-bond acceptors (Lipinski definition) is 6. The molecule has 1 saturated heterocycles. The van der Waals surface area contributed by atoms with Crippen LogP contribution in [0.25, 0.3) is 0 Å². The van der Waals surface area contributed by atoms with Crippen molar-refractivity contribution in [3.05, 3.63) is 18.1 Å². The zero-order valence-corrected chi connectivity index (χ0v) is 10.9. The van der Waals surface area contributed by atoms with E-state index in [1.165, 1.54) is 19.6 Å². The summed E-state index contributed by atoms with van der Waals surface area (Å²) in [6, 6.07) is -0.327. The molecule has 2 rings (SSSR count). The van der Waals surface area contributed by atoms with Gasteiger partial charge in [0, 0.05) is 19.3 Å². The van der Waals surface area contributed by atoms with Gasteiger partial charge in [0.2, 0.25) is 5.91 Å². The van der Waals surface area contributed by atoms with Crippen LogP contribution < -0.4 is 10.2 Å². The lowest BCUT2D eigenvalue weighted by Gasteiger charge is -2.35. The first-order valence-electron chi connectivity index (χ1n) is 6.11. The molecular formula is C12H16N4O3. The molecule has 1 aromatic heterocycles. The van der Waals surface area contributed by atoms with Gasteiger partial charge in [-0.1, -0.05) is 6.92 Å². The van der Waals surface area contributed by atoms with Crippen LogP contribution in [-0.2, 0) is 9.53 Å². The van der Waals surface area contributed by atoms with Crippen LogP contribution in [0.15, 0.2) is 12.5 Å². The minimum absolute atomic E-state index is 0.0526. The monoisotopic (exact) mass is 264 g/mol. The van der Waals surface area contributed by atoms with Gasteiger partial charge in [-0.05, 0) is 6.42 Å². The van der Waals surface area contributed by atoms with Gasteiger partial charge in [-0.15, -0.1) is 0 Å². The molecule has 1 aliphatic rings. The summed E-state index contributed by atoms with van der Waals surface area (Å²) in [5, 5.41) is 2.81. The van der Waals surface area contributed by atoms with Gasteiger partial charge in [0.15, 0.2) is 0 Å². The summed E-state index contributed by atoms with van der Waals surface area (Å²) in [4.78, 5) is 33.4. The third-order valence-electron chi connectivity index (χ3n) is 3.09. The molecule has 19 heavy (non-hydrogen) atoms. The van der Waals surface area contributed by atoms with Gasteiger partial charge in [0.25, 0.3) is 0 Å². The summed E-state index contributed by atoms with van der Waals surface area (Å²) in [5.74, 6) is -0.108. The molecule has 1 unspecified atom stereocenters. The van der Waals surface area contributed by atoms with E-state index in [1.807, 2.05) is 11.8 Å². The standard InChI is InChI=1S/C12H16N4O3/c1-3-9-11(17)14-4-5-16(9)10-8(12(18)19-2)6-13-7-15-10/h6-7,9H,3-5H2,1-2H3,(H,14,17). The highest BCUT2D eigenvalue weighted by molar-refractivity contribution is 5.96. The third-order valence-corrected chi connectivity index (χ3v) is 3.09. The molecule has 1 N–H and O–H groups in total. The van der Waals surface area contributed by atoms with E-state index < -0.39 is 5.97 Å². The third kappa shape index (κ3) is 2.49. The number of amides is 1. The van der Waals surface area contributed by atoms with Crippen LogP contribution in [-0.4, -0.2) is 48.1 Å². The van der Waals surface area contributed by atoms with Crippen molar-refractivity contribution in [1.82, 2.24) is 15.3 Å². The van der Waals surface area contributed by atoms with Crippen LogP contribution in [0.4, 0.5) is 5.82 Å². The normalized spacial score (nSPS) is 18.9. The fourth-order valence-electron chi connectivity index (χ4n) is 2.18. The van der Waals surface area contributed by atoms with Crippen LogP contribution >= 0.6 is 0 Å². The molecule has 0 radical (unpaired) electrons. The highest BCUT2D eigenvalue weighted by Crippen LogP contribution is 2.22. The second-order valence-corrected chi connectivity index (χ2v) is 4.16. The number of nitrogens with one attached hydrogen (secondary N) is 1. The van der Waals surface area contributed by atoms with Crippen molar-refractivity contribution >= 4 is 17.7 Å². The molecule has 0 aromatic carbocycles. The molecule has 1 atom stereocenters. The Kier molecular flexibility index (Phi) is 3.94. The van der Waals surface area contributed by atoms with Gasteiger partial charge in [-0.2, -0.15) is 0 Å². The summed E-state index contributed by atoms with van der Waals surface area (Å²) in [6.07, 6.45) is 3.41. The number of methoxy groups -OCH3 is 1. The lowest BCUT2D eigenvalue weighted by Crippen LogP contribution is -2.55. The quantitative estimate of drug-likeness (QED) is 0.772. The summed E-state index contributed by atoms with van der Waals surface area (Å²) in [7, 11) is 1.30. The summed E-state index contributed by atoms with van der Waals surface area (Å²) in [6.45, 7) is 3.05. The molecule has 1 fully saturated rings. The number of carbonyl (C=O) groups is 2. The lowest BCUT2D eigenvalue weighted by atomic mass is 10.1. The van der Waals surface area contributed by atoms with E-state index in [1.54, 1.807) is 0 Å². The van der Waals surface area contributed by atoms with Crippen molar-refractivity contribution in [2.24, 2.45) is 0 Å². The first kappa shape index (κ1) is 13.3. The molecule has 0 spiro atoms. The molecular weight excluding hydrogens is 248 g/mol. The maximum Gasteiger partial charge on any atom is 0.343 e. The predicted molar refractivity (Wildman–Crippen MR) is 67.8 cm³/mol. The zero-order valence-electron chi connectivity index (χ0n) is 10.9. The molecule has 7 nitrogen and oxygen atoms in total. The van der Waals surface area contributed by atoms with Crippen LogP contribution in [0, 0.1) is 0 Å². The minimum Gasteiger partial charge on any atom is -0.465 e. The highest BCUT2D eigenvalue weighted by atomic mass is 16.5. The molecule has 0 aliphatic carbocycles. The minimum atomic E-state index is -0.503. The molecule has 0 bridgehead atoms. The molecule has 0 saturated carbocycles. The number of hydrogen-bond donors (Lipinski definition) is 1. The Hall–Kier alpha value is -2.18. The number of aromatic nitrogens is 2. The Balaban J connectivity index is 2.39. The van der Waals surface area contributed by atoms with E-state index in [9.17, 15) is 9.59 Å². The Morgan fingerprint density at radius 2 is 2.42 bits per heavy atom. The molecule has 1 aliphatic heterocycles. The smallest absolute Gasteiger partial charge is 0.343 e. The Morgan fingerprint density at radius 3 is 3.11 bits per heavy atom. The highest BCUT2D eigenvalue weighted by Gasteiger charge is 2.31. The number of carbonyl (C=O) groups excluding carboxylic acids is 2. The number of ether oxygens (including phenoxy) is 1. The summed E-state index contributed by atoms with van der Waals surface area (Å²) < 4.78 is 4.72. The molecule has 2 heterocycles. The van der Waals surface area contributed by atoms with Crippen LogP contribution in [0.1, 0.15) is 23.7 Å². The Morgan fingerprint density at radius 1 is 1.63 bits per heavy atom. The number of rotatable bonds is 3. The second kappa shape index (κ2) is 5.64. The van der Waals surface area contributed by atoms with Crippen molar-refractivity contribution in [3.8, 4) is 0 Å². The van der Waals surface area contributed by atoms with E-state index in [2.05, 4.69) is 15.3 Å². The Bertz CT molecular complexity index is 492. The first-order chi connectivity index (χ1) is 9.19. The van der Waals surface area contributed by atoms with E-state index in [4.69, 9.17) is 4.74 Å². The second-order valence-electron chi connectivity index (χ2n) is 4.16. The number of nitrogens with zero attached hydrogens (tertiary/aromatic N) is 3. The van der Waals surface area contributed by atoms with Gasteiger partial charge < -0.3 is 15.0 Å². The lowest BCUT2D eigenvalue weighted by molar-refractivity contribution is -0.123. The zero-order chi connectivity index (χ0) is 13.8. The fourth-order valence-corrected chi connectivity index (χ4v) is 2.18. The van der Waals surface area contributed by atoms with E-state index in [0.29, 0.717) is 25.3 Å². The molecule has 1 amide bonds. The van der Waals surface area contributed by atoms with Gasteiger partial charge in [0.1, 0.15) is 23.8 Å². The number of esters is 1. The number of piperazine rings is 1. The van der Waals surface area contributed by atoms with Crippen molar-refractivity contribution in [2.75, 3.05) is 25.1 Å². The topological polar surface area (TPSA) is 84.4 Å². The maximum absolute atomic E-state index is 11.8. The van der Waals surface area contributed by atoms with Crippen LogP contribution in [0.5, 0.6) is 0 Å².